The summed E-state index contributed by atoms with van der Waals surface area (Å²) in [4.78, 5) is 41.3. The van der Waals surface area contributed by atoms with Crippen LogP contribution < -0.4 is 19.9 Å². The fourth-order valence-electron chi connectivity index (χ4n) is 11.7. The van der Waals surface area contributed by atoms with Crippen molar-refractivity contribution in [2.24, 2.45) is 5.92 Å². The van der Waals surface area contributed by atoms with Gasteiger partial charge in [-0.1, -0.05) is 12.1 Å². The first-order chi connectivity index (χ1) is 29.9. The molecule has 4 saturated heterocycles. The fraction of sp³-hybridized carbons (Fsp3) is 0.556. The number of aliphatic hydroxyl groups excluding tert-OH is 1. The second-order valence-electron chi connectivity index (χ2n) is 18.6. The van der Waals surface area contributed by atoms with Crippen LogP contribution in [0, 0.1) is 5.92 Å². The van der Waals surface area contributed by atoms with Crippen LogP contribution >= 0.6 is 0 Å². The molecular formula is C45H52F3N9O5. The van der Waals surface area contributed by atoms with Gasteiger partial charge >= 0.3 is 6.18 Å². The number of aromatic nitrogens is 3. The molecule has 17 heteroatoms. The highest BCUT2D eigenvalue weighted by molar-refractivity contribution is 6.03. The molecule has 9 heterocycles. The van der Waals surface area contributed by atoms with E-state index in [-0.39, 0.29) is 29.5 Å². The molecule has 0 aliphatic carbocycles. The molecule has 2 unspecified atom stereocenters. The molecule has 7 aliphatic heterocycles. The largest absolute Gasteiger partial charge is 0.489 e. The Morgan fingerprint density at radius 1 is 0.968 bits per heavy atom. The van der Waals surface area contributed by atoms with E-state index in [4.69, 9.17) is 14.5 Å². The Balaban J connectivity index is 0.705. The molecular weight excluding hydrogens is 804 g/mol. The van der Waals surface area contributed by atoms with Gasteiger partial charge < -0.3 is 34.6 Å². The number of anilines is 2. The molecule has 0 radical (unpaired) electrons. The van der Waals surface area contributed by atoms with Gasteiger partial charge in [0, 0.05) is 68.0 Å². The van der Waals surface area contributed by atoms with Crippen LogP contribution in [0.3, 0.4) is 0 Å². The minimum Gasteiger partial charge on any atom is -0.489 e. The summed E-state index contributed by atoms with van der Waals surface area (Å²) in [6.07, 6.45) is 2.44. The minimum atomic E-state index is -4.34. The first kappa shape index (κ1) is 39.8. The van der Waals surface area contributed by atoms with E-state index in [9.17, 15) is 27.9 Å². The number of carbonyl (C=O) groups is 2. The van der Waals surface area contributed by atoms with E-state index in [0.717, 1.165) is 116 Å². The number of rotatable bonds is 6. The van der Waals surface area contributed by atoms with Crippen molar-refractivity contribution in [1.29, 1.82) is 0 Å². The van der Waals surface area contributed by atoms with Gasteiger partial charge in [-0.25, -0.2) is 4.98 Å². The fourth-order valence-corrected chi connectivity index (χ4v) is 11.7. The van der Waals surface area contributed by atoms with Crippen molar-refractivity contribution in [3.63, 3.8) is 0 Å². The molecule has 11 rings (SSSR count). The zero-order chi connectivity index (χ0) is 42.5. The number of alkyl halides is 3. The van der Waals surface area contributed by atoms with Gasteiger partial charge in [0.1, 0.15) is 30.4 Å². The van der Waals surface area contributed by atoms with Gasteiger partial charge in [0.05, 0.1) is 54.8 Å². The lowest BCUT2D eigenvalue weighted by Gasteiger charge is -2.46. The predicted octanol–water partition coefficient (Wildman–Crippen LogP) is 4.37. The number of ether oxygens (including phenoxy) is 2. The van der Waals surface area contributed by atoms with Crippen LogP contribution in [0.5, 0.6) is 5.75 Å². The van der Waals surface area contributed by atoms with Gasteiger partial charge in [-0.05, 0) is 92.3 Å². The maximum Gasteiger partial charge on any atom is 0.401 e. The van der Waals surface area contributed by atoms with Crippen molar-refractivity contribution in [2.45, 2.75) is 94.2 Å². The highest BCUT2D eigenvalue weighted by atomic mass is 19.4. The molecule has 2 aromatic heterocycles. The molecule has 2 amide bonds. The Morgan fingerprint density at radius 3 is 2.61 bits per heavy atom. The SMILES string of the molecule is C[C@@H]1Cc2c(ccc3[nH]ncc23)[C@H](c2ccc(N3CCC4(CC3)CC(CN3CCN5c6ccc7c(c6OC[C@H]5C3)CN([C@H]3CCC(O)NC3=O)C7=O)CO4)nc2)N1CC(F)(F)F. The molecule has 62 heavy (non-hydrogen) atoms. The van der Waals surface area contributed by atoms with E-state index in [2.05, 4.69) is 30.2 Å². The van der Waals surface area contributed by atoms with Crippen molar-refractivity contribution in [3.8, 4) is 5.75 Å². The summed E-state index contributed by atoms with van der Waals surface area (Å²) < 4.78 is 54.9. The number of hydrogen-bond acceptors (Lipinski definition) is 11. The third-order valence-corrected chi connectivity index (χ3v) is 14.8. The molecule has 3 N–H and O–H groups in total. The van der Waals surface area contributed by atoms with Crippen molar-refractivity contribution in [1.82, 2.24) is 35.2 Å². The van der Waals surface area contributed by atoms with Crippen molar-refractivity contribution < 1.29 is 37.3 Å². The van der Waals surface area contributed by atoms with E-state index < -0.39 is 31.0 Å². The van der Waals surface area contributed by atoms with Crippen molar-refractivity contribution in [2.75, 3.05) is 68.8 Å². The molecule has 6 atom stereocenters. The number of aromatic amines is 1. The Kier molecular flexibility index (Phi) is 9.70. The van der Waals surface area contributed by atoms with Gasteiger partial charge in [-0.15, -0.1) is 0 Å². The third kappa shape index (κ3) is 6.95. The first-order valence-corrected chi connectivity index (χ1v) is 22.1. The summed E-state index contributed by atoms with van der Waals surface area (Å²) >= 11 is 0. The molecule has 328 valence electrons. The first-order valence-electron chi connectivity index (χ1n) is 22.1. The summed E-state index contributed by atoms with van der Waals surface area (Å²) in [6, 6.07) is 10.3. The number of pyridine rings is 1. The van der Waals surface area contributed by atoms with Crippen LogP contribution in [-0.2, 0) is 22.5 Å². The van der Waals surface area contributed by atoms with Gasteiger partial charge in [0.25, 0.3) is 5.91 Å². The monoisotopic (exact) mass is 855 g/mol. The highest BCUT2D eigenvalue weighted by Gasteiger charge is 2.46. The van der Waals surface area contributed by atoms with E-state index >= 15 is 0 Å². The number of halogens is 3. The van der Waals surface area contributed by atoms with Crippen LogP contribution in [0.4, 0.5) is 24.7 Å². The number of aliphatic hydroxyl groups is 1. The zero-order valence-corrected chi connectivity index (χ0v) is 34.7. The summed E-state index contributed by atoms with van der Waals surface area (Å²) in [5.74, 6) is 1.51. The van der Waals surface area contributed by atoms with Crippen LogP contribution in [0.25, 0.3) is 10.9 Å². The number of hydrogen-bond donors (Lipinski definition) is 3. The minimum absolute atomic E-state index is 0.168. The molecule has 14 nitrogen and oxygen atoms in total. The second kappa shape index (κ2) is 15.1. The van der Waals surface area contributed by atoms with Crippen LogP contribution in [0.2, 0.25) is 0 Å². The average molecular weight is 856 g/mol. The number of carbonyl (C=O) groups excluding carboxylic acids is 2. The number of H-pyrrole nitrogens is 1. The maximum atomic E-state index is 14.0. The van der Waals surface area contributed by atoms with E-state index in [1.54, 1.807) is 22.2 Å². The Labute approximate surface area is 357 Å². The van der Waals surface area contributed by atoms with E-state index in [0.29, 0.717) is 43.9 Å². The normalized spacial score (nSPS) is 28.8. The molecule has 4 fully saturated rings. The summed E-state index contributed by atoms with van der Waals surface area (Å²) in [7, 11) is 0. The third-order valence-electron chi connectivity index (χ3n) is 14.8. The summed E-state index contributed by atoms with van der Waals surface area (Å²) in [5, 5.41) is 20.6. The number of nitrogens with zero attached hydrogens (tertiary/aromatic N) is 7. The van der Waals surface area contributed by atoms with Gasteiger partial charge in [-0.2, -0.15) is 18.3 Å². The Bertz CT molecular complexity index is 2390. The van der Waals surface area contributed by atoms with Gasteiger partial charge in [-0.3, -0.25) is 24.5 Å². The van der Waals surface area contributed by atoms with Crippen LogP contribution in [0.15, 0.2) is 48.8 Å². The van der Waals surface area contributed by atoms with E-state index in [1.807, 2.05) is 43.3 Å². The molecule has 0 saturated carbocycles. The maximum absolute atomic E-state index is 14.0. The number of nitrogens with one attached hydrogen (secondary N) is 2. The summed E-state index contributed by atoms with van der Waals surface area (Å²) in [6.45, 7) is 7.62. The lowest BCUT2D eigenvalue weighted by molar-refractivity contribution is -0.155. The molecule has 7 aliphatic rings. The lowest BCUT2D eigenvalue weighted by Crippen LogP contribution is -2.58. The number of piperazine rings is 1. The van der Waals surface area contributed by atoms with Crippen LogP contribution in [0.1, 0.15) is 77.7 Å². The highest BCUT2D eigenvalue weighted by Crippen LogP contribution is 2.46. The van der Waals surface area contributed by atoms with Crippen molar-refractivity contribution in [3.05, 3.63) is 76.6 Å². The molecule has 0 bridgehead atoms. The lowest BCUT2D eigenvalue weighted by atomic mass is 9.84. The topological polar surface area (TPSA) is 143 Å². The van der Waals surface area contributed by atoms with Crippen molar-refractivity contribution >= 4 is 34.2 Å². The molecule has 1 spiro atoms. The zero-order valence-electron chi connectivity index (χ0n) is 34.7. The molecule has 4 aromatic rings. The second-order valence-corrected chi connectivity index (χ2v) is 18.6. The average Bonchev–Trinajstić information content (AvgIpc) is 3.98. The van der Waals surface area contributed by atoms with E-state index in [1.165, 1.54) is 0 Å². The quantitative estimate of drug-likeness (QED) is 0.255. The van der Waals surface area contributed by atoms with Gasteiger partial charge in [0.2, 0.25) is 5.91 Å². The number of amides is 2. The predicted molar refractivity (Wildman–Crippen MR) is 223 cm³/mol. The summed E-state index contributed by atoms with van der Waals surface area (Å²) in [5.41, 5.74) is 5.79. The number of piperidine rings is 2. The number of fused-ring (bicyclic) bond motifs is 8. The van der Waals surface area contributed by atoms with Crippen LogP contribution in [-0.4, -0.2) is 142 Å². The molecule has 2 aromatic carbocycles. The number of benzene rings is 2. The Morgan fingerprint density at radius 2 is 1.82 bits per heavy atom. The van der Waals surface area contributed by atoms with Gasteiger partial charge in [0.15, 0.2) is 0 Å². The standard InChI is InChI=1S/C45H52F3N9O5/c1-26-16-32-30(3-5-35-33(32)19-50-52-35)40(57(26)25-45(46,47)48)28-2-8-38(49-18-28)54-12-10-44(11-13-54)17-27(23-62-44)20-53-14-15-55-29(21-53)24-61-41-34-22-56(37-7-9-39(58)51-42(37)59)43(60)31(34)4-6-36(41)55/h2-6,8,18-19,26-27,29,37,39-40,58H,7,9-17,20-25H2,1H3,(H,50,52)(H,51,59)/t26-,27?,29-,37+,39?,40+/m1/s1. The Hall–Kier alpha value is -4.97. The smallest absolute Gasteiger partial charge is 0.401 e.